The van der Waals surface area contributed by atoms with E-state index in [0.29, 0.717) is 5.92 Å². The van der Waals surface area contributed by atoms with Crippen molar-refractivity contribution < 1.29 is 4.79 Å². The van der Waals surface area contributed by atoms with Crippen molar-refractivity contribution >= 4 is 24.0 Å². The summed E-state index contributed by atoms with van der Waals surface area (Å²) in [6.07, 6.45) is 6.74. The fourth-order valence-corrected chi connectivity index (χ4v) is 3.80. The molecule has 2 fully saturated rings. The van der Waals surface area contributed by atoms with E-state index < -0.39 is 0 Å². The second-order valence-electron chi connectivity index (χ2n) is 6.69. The zero-order chi connectivity index (χ0) is 15.4. The third-order valence-corrected chi connectivity index (χ3v) is 4.81. The highest BCUT2D eigenvalue weighted by Gasteiger charge is 2.26. The van der Waals surface area contributed by atoms with Crippen molar-refractivity contribution in [3.8, 4) is 0 Å². The summed E-state index contributed by atoms with van der Waals surface area (Å²) in [4.78, 5) is 13.9. The maximum Gasteiger partial charge on any atom is 0.221 e. The Labute approximate surface area is 144 Å². The second kappa shape index (κ2) is 8.66. The number of likely N-dealkylation sites (tertiary alicyclic amines) is 1. The molecule has 0 radical (unpaired) electrons. The van der Waals surface area contributed by atoms with Crippen LogP contribution in [-0.4, -0.2) is 53.7 Å². The molecule has 3 heterocycles. The van der Waals surface area contributed by atoms with Crippen LogP contribution in [0.4, 0.5) is 5.69 Å². The number of aromatic nitrogens is 2. The van der Waals surface area contributed by atoms with E-state index in [2.05, 4.69) is 25.7 Å². The van der Waals surface area contributed by atoms with Crippen molar-refractivity contribution in [2.24, 2.45) is 5.92 Å². The number of hydrogen-bond acceptors (Lipinski definition) is 4. The summed E-state index contributed by atoms with van der Waals surface area (Å²) in [5.74, 6) is 1.18. The first-order valence-corrected chi connectivity index (χ1v) is 8.46. The normalized spacial score (nSPS) is 25.6. The zero-order valence-corrected chi connectivity index (χ0v) is 14.6. The lowest BCUT2D eigenvalue weighted by Crippen LogP contribution is -2.42. The molecule has 3 rings (SSSR count). The summed E-state index contributed by atoms with van der Waals surface area (Å²) < 4.78 is 0. The van der Waals surface area contributed by atoms with Crippen LogP contribution in [0, 0.1) is 5.92 Å². The summed E-state index contributed by atoms with van der Waals surface area (Å²) in [5, 5.41) is 13.6. The molecule has 0 saturated carbocycles. The number of piperidine rings is 2. The number of nitrogens with one attached hydrogen (secondary N) is 3. The van der Waals surface area contributed by atoms with Crippen LogP contribution in [0.15, 0.2) is 6.20 Å². The van der Waals surface area contributed by atoms with E-state index in [4.69, 9.17) is 0 Å². The summed E-state index contributed by atoms with van der Waals surface area (Å²) in [6, 6.07) is 0. The largest absolute Gasteiger partial charge is 0.323 e. The van der Waals surface area contributed by atoms with Gasteiger partial charge in [-0.05, 0) is 51.2 Å². The second-order valence-corrected chi connectivity index (χ2v) is 6.69. The Morgan fingerprint density at radius 3 is 3.04 bits per heavy atom. The summed E-state index contributed by atoms with van der Waals surface area (Å²) >= 11 is 0. The van der Waals surface area contributed by atoms with Crippen LogP contribution < -0.4 is 10.6 Å². The molecule has 2 saturated heterocycles. The number of anilines is 1. The van der Waals surface area contributed by atoms with Gasteiger partial charge in [-0.15, -0.1) is 12.4 Å². The standard InChI is InChI=1S/C16H27N5O.ClH/c1-12(22)19-15-9-18-20-16(15)14-5-3-7-21(11-14)10-13-4-2-6-17-8-13;/h9,13-14,17H,2-8,10-11H2,1H3,(H,18,20)(H,19,22);1H. The Morgan fingerprint density at radius 2 is 2.30 bits per heavy atom. The van der Waals surface area contributed by atoms with Crippen LogP contribution in [-0.2, 0) is 4.79 Å². The number of aromatic amines is 1. The van der Waals surface area contributed by atoms with Gasteiger partial charge in [-0.3, -0.25) is 9.89 Å². The Balaban J connectivity index is 0.00000192. The number of hydrogen-bond donors (Lipinski definition) is 3. The van der Waals surface area contributed by atoms with Crippen molar-refractivity contribution in [2.75, 3.05) is 38.0 Å². The first-order valence-electron chi connectivity index (χ1n) is 8.46. The minimum Gasteiger partial charge on any atom is -0.323 e. The van der Waals surface area contributed by atoms with E-state index in [9.17, 15) is 4.79 Å². The first-order chi connectivity index (χ1) is 10.7. The lowest BCUT2D eigenvalue weighted by molar-refractivity contribution is -0.114. The molecule has 0 bridgehead atoms. The smallest absolute Gasteiger partial charge is 0.221 e. The Kier molecular flexibility index (Phi) is 6.87. The lowest BCUT2D eigenvalue weighted by Gasteiger charge is -2.36. The van der Waals surface area contributed by atoms with Gasteiger partial charge in [0, 0.05) is 25.9 Å². The first kappa shape index (κ1) is 18.2. The van der Waals surface area contributed by atoms with Gasteiger partial charge < -0.3 is 15.5 Å². The molecular weight excluding hydrogens is 314 g/mol. The number of carbonyl (C=O) groups is 1. The Morgan fingerprint density at radius 1 is 1.43 bits per heavy atom. The predicted octanol–water partition coefficient (Wildman–Crippen LogP) is 1.97. The van der Waals surface area contributed by atoms with E-state index in [0.717, 1.165) is 36.8 Å². The molecule has 2 aliphatic rings. The molecule has 0 aliphatic carbocycles. The summed E-state index contributed by atoms with van der Waals surface area (Å²) in [7, 11) is 0. The average Bonchev–Trinajstić information content (AvgIpc) is 2.96. The third kappa shape index (κ3) is 4.93. The summed E-state index contributed by atoms with van der Waals surface area (Å²) in [5.41, 5.74) is 1.93. The van der Waals surface area contributed by atoms with Gasteiger partial charge in [0.25, 0.3) is 0 Å². The van der Waals surface area contributed by atoms with Crippen molar-refractivity contribution in [1.82, 2.24) is 20.4 Å². The number of nitrogens with zero attached hydrogens (tertiary/aromatic N) is 2. The molecule has 0 aromatic carbocycles. The predicted molar refractivity (Wildman–Crippen MR) is 94.1 cm³/mol. The van der Waals surface area contributed by atoms with Crippen molar-refractivity contribution in [1.29, 1.82) is 0 Å². The van der Waals surface area contributed by atoms with Gasteiger partial charge >= 0.3 is 0 Å². The third-order valence-electron chi connectivity index (χ3n) is 4.81. The van der Waals surface area contributed by atoms with Crippen LogP contribution >= 0.6 is 12.4 Å². The molecule has 6 nitrogen and oxygen atoms in total. The van der Waals surface area contributed by atoms with Crippen LogP contribution in [0.25, 0.3) is 0 Å². The van der Waals surface area contributed by atoms with Gasteiger partial charge in [-0.25, -0.2) is 0 Å². The topological polar surface area (TPSA) is 73.0 Å². The lowest BCUT2D eigenvalue weighted by atomic mass is 9.92. The van der Waals surface area contributed by atoms with Gasteiger partial charge in [0.15, 0.2) is 0 Å². The SMILES string of the molecule is CC(=O)Nc1cn[nH]c1C1CCCN(CC2CCCNC2)C1.Cl. The number of rotatable bonds is 4. The number of carbonyl (C=O) groups excluding carboxylic acids is 1. The van der Waals surface area contributed by atoms with Crippen molar-refractivity contribution in [3.63, 3.8) is 0 Å². The molecule has 2 atom stereocenters. The molecule has 130 valence electrons. The molecular formula is C16H28ClN5O. The van der Waals surface area contributed by atoms with Crippen LogP contribution in [0.1, 0.15) is 44.2 Å². The van der Waals surface area contributed by atoms with Crippen molar-refractivity contribution in [2.45, 2.75) is 38.5 Å². The number of amides is 1. The highest BCUT2D eigenvalue weighted by Crippen LogP contribution is 2.30. The van der Waals surface area contributed by atoms with Crippen LogP contribution in [0.3, 0.4) is 0 Å². The quantitative estimate of drug-likeness (QED) is 0.783. The molecule has 23 heavy (non-hydrogen) atoms. The minimum absolute atomic E-state index is 0. The van der Waals surface area contributed by atoms with Gasteiger partial charge in [0.05, 0.1) is 17.6 Å². The van der Waals surface area contributed by atoms with Crippen LogP contribution in [0.5, 0.6) is 0 Å². The highest BCUT2D eigenvalue weighted by atomic mass is 35.5. The van der Waals surface area contributed by atoms with E-state index in [-0.39, 0.29) is 18.3 Å². The molecule has 2 aliphatic heterocycles. The van der Waals surface area contributed by atoms with Crippen LogP contribution in [0.2, 0.25) is 0 Å². The number of halogens is 1. The fourth-order valence-electron chi connectivity index (χ4n) is 3.80. The van der Waals surface area contributed by atoms with E-state index in [1.807, 2.05) is 0 Å². The average molecular weight is 342 g/mol. The van der Waals surface area contributed by atoms with Crippen molar-refractivity contribution in [3.05, 3.63) is 11.9 Å². The van der Waals surface area contributed by atoms with Gasteiger partial charge in [-0.2, -0.15) is 5.10 Å². The maximum atomic E-state index is 11.3. The van der Waals surface area contributed by atoms with Gasteiger partial charge in [-0.1, -0.05) is 0 Å². The highest BCUT2D eigenvalue weighted by molar-refractivity contribution is 5.89. The molecule has 2 unspecified atom stereocenters. The minimum atomic E-state index is -0.0383. The maximum absolute atomic E-state index is 11.3. The molecule has 7 heteroatoms. The molecule has 0 spiro atoms. The van der Waals surface area contributed by atoms with E-state index in [1.165, 1.54) is 38.9 Å². The molecule has 1 aromatic heterocycles. The summed E-state index contributed by atoms with van der Waals surface area (Å²) in [6.45, 7) is 7.31. The molecule has 3 N–H and O–H groups in total. The Hall–Kier alpha value is -1.11. The van der Waals surface area contributed by atoms with E-state index >= 15 is 0 Å². The van der Waals surface area contributed by atoms with E-state index in [1.54, 1.807) is 13.1 Å². The molecule has 1 amide bonds. The zero-order valence-electron chi connectivity index (χ0n) is 13.8. The fraction of sp³-hybridized carbons (Fsp3) is 0.750. The Bertz CT molecular complexity index is 500. The number of H-pyrrole nitrogens is 1. The molecule has 1 aromatic rings. The van der Waals surface area contributed by atoms with Gasteiger partial charge in [0.2, 0.25) is 5.91 Å². The monoisotopic (exact) mass is 341 g/mol. The van der Waals surface area contributed by atoms with Gasteiger partial charge in [0.1, 0.15) is 0 Å².